The smallest absolute Gasteiger partial charge is 0.223 e. The molecule has 2 fully saturated rings. The first kappa shape index (κ1) is 17.2. The first-order valence-corrected chi connectivity index (χ1v) is 9.54. The lowest BCUT2D eigenvalue weighted by Crippen LogP contribution is -2.50. The summed E-state index contributed by atoms with van der Waals surface area (Å²) in [5.41, 5.74) is 1.17. The Hall–Kier alpha value is -2.24. The van der Waals surface area contributed by atoms with Crippen LogP contribution in [0, 0.1) is 5.92 Å². The fraction of sp³-hybridized carbons (Fsp3) is 0.600. The molecule has 1 unspecified atom stereocenters. The number of ether oxygens (including phenoxy) is 2. The molecule has 26 heavy (non-hydrogen) atoms. The summed E-state index contributed by atoms with van der Waals surface area (Å²) in [6.07, 6.45) is 2.90. The van der Waals surface area contributed by atoms with Gasteiger partial charge in [0.1, 0.15) is 13.2 Å². The molecule has 2 aliphatic heterocycles. The summed E-state index contributed by atoms with van der Waals surface area (Å²) in [4.78, 5) is 28.0. The topological polar surface area (TPSA) is 59.1 Å². The molecule has 1 aromatic carbocycles. The second-order valence-electron chi connectivity index (χ2n) is 7.44. The third-order valence-corrected chi connectivity index (χ3v) is 5.66. The molecule has 0 spiro atoms. The Balaban J connectivity index is 1.43. The molecule has 1 saturated heterocycles. The van der Waals surface area contributed by atoms with Gasteiger partial charge in [-0.2, -0.15) is 0 Å². The summed E-state index contributed by atoms with van der Waals surface area (Å²) in [5, 5.41) is 0. The molecule has 1 aliphatic carbocycles. The van der Waals surface area contributed by atoms with E-state index in [0.29, 0.717) is 51.7 Å². The highest BCUT2D eigenvalue weighted by Crippen LogP contribution is 2.46. The Morgan fingerprint density at radius 2 is 1.69 bits per heavy atom. The fourth-order valence-electron chi connectivity index (χ4n) is 3.93. The van der Waals surface area contributed by atoms with Gasteiger partial charge in [-0.05, 0) is 42.4 Å². The van der Waals surface area contributed by atoms with Crippen molar-refractivity contribution in [3.63, 3.8) is 0 Å². The minimum Gasteiger partial charge on any atom is -0.486 e. The molecular formula is C20H26N2O4. The summed E-state index contributed by atoms with van der Waals surface area (Å²) in [6, 6.07) is 6.10. The Morgan fingerprint density at radius 3 is 2.35 bits per heavy atom. The number of rotatable bonds is 4. The number of benzene rings is 1. The lowest BCUT2D eigenvalue weighted by atomic mass is 9.90. The predicted molar refractivity (Wildman–Crippen MR) is 96.3 cm³/mol. The Kier molecular flexibility index (Phi) is 4.74. The largest absolute Gasteiger partial charge is 0.486 e. The van der Waals surface area contributed by atoms with Crippen LogP contribution in [0.15, 0.2) is 18.2 Å². The van der Waals surface area contributed by atoms with E-state index in [9.17, 15) is 9.59 Å². The Morgan fingerprint density at radius 1 is 1.04 bits per heavy atom. The maximum atomic E-state index is 12.8. The van der Waals surface area contributed by atoms with Crippen molar-refractivity contribution in [2.24, 2.45) is 5.92 Å². The molecule has 3 aliphatic rings. The minimum atomic E-state index is 0.0873. The number of nitrogens with zero attached hydrogens (tertiary/aromatic N) is 2. The van der Waals surface area contributed by atoms with Gasteiger partial charge in [0.05, 0.1) is 0 Å². The Labute approximate surface area is 154 Å². The summed E-state index contributed by atoms with van der Waals surface area (Å²) < 4.78 is 11.3. The average molecular weight is 358 g/mol. The lowest BCUT2D eigenvalue weighted by Gasteiger charge is -2.35. The van der Waals surface area contributed by atoms with Crippen molar-refractivity contribution >= 4 is 11.8 Å². The van der Waals surface area contributed by atoms with Gasteiger partial charge < -0.3 is 19.3 Å². The highest BCUT2D eigenvalue weighted by atomic mass is 16.6. The van der Waals surface area contributed by atoms with Crippen LogP contribution in [0.2, 0.25) is 0 Å². The van der Waals surface area contributed by atoms with Crippen LogP contribution in [-0.2, 0) is 9.59 Å². The van der Waals surface area contributed by atoms with E-state index in [1.165, 1.54) is 18.4 Å². The van der Waals surface area contributed by atoms with Crippen LogP contribution >= 0.6 is 0 Å². The zero-order chi connectivity index (χ0) is 18.1. The molecule has 2 amide bonds. The van der Waals surface area contributed by atoms with Crippen molar-refractivity contribution in [2.75, 3.05) is 39.4 Å². The third-order valence-electron chi connectivity index (χ3n) is 5.66. The molecular weight excluding hydrogens is 332 g/mol. The number of hydrogen-bond acceptors (Lipinski definition) is 4. The second kappa shape index (κ2) is 7.17. The van der Waals surface area contributed by atoms with Crippen LogP contribution < -0.4 is 9.47 Å². The van der Waals surface area contributed by atoms with Crippen molar-refractivity contribution in [2.45, 2.75) is 32.1 Å². The highest BCUT2D eigenvalue weighted by Gasteiger charge is 2.35. The molecule has 6 heteroatoms. The van der Waals surface area contributed by atoms with Crippen LogP contribution in [0.4, 0.5) is 0 Å². The summed E-state index contributed by atoms with van der Waals surface area (Å²) >= 11 is 0. The quantitative estimate of drug-likeness (QED) is 0.826. The van der Waals surface area contributed by atoms with Crippen LogP contribution in [0.5, 0.6) is 11.5 Å². The van der Waals surface area contributed by atoms with E-state index in [2.05, 4.69) is 12.1 Å². The normalized spacial score (nSPS) is 20.7. The Bertz CT molecular complexity index is 693. The van der Waals surface area contributed by atoms with E-state index in [4.69, 9.17) is 9.47 Å². The minimum absolute atomic E-state index is 0.0873. The first-order valence-electron chi connectivity index (χ1n) is 9.54. The number of carbonyl (C=O) groups excluding carboxylic acids is 2. The molecule has 0 radical (unpaired) electrons. The van der Waals surface area contributed by atoms with Crippen molar-refractivity contribution in [1.29, 1.82) is 0 Å². The molecule has 1 aromatic rings. The molecule has 140 valence electrons. The molecule has 0 bridgehead atoms. The molecule has 0 aromatic heterocycles. The van der Waals surface area contributed by atoms with E-state index in [0.717, 1.165) is 11.5 Å². The number of carbonyl (C=O) groups is 2. The van der Waals surface area contributed by atoms with Crippen molar-refractivity contribution in [3.05, 3.63) is 23.8 Å². The number of piperazine rings is 1. The van der Waals surface area contributed by atoms with E-state index in [1.807, 2.05) is 15.9 Å². The van der Waals surface area contributed by atoms with E-state index >= 15 is 0 Å². The standard InChI is InChI=1S/C20H26N2O4/c1-14(23)21-6-8-22(9-7-21)20(24)13-17(15-2-3-15)16-4-5-18-19(12-16)26-11-10-25-18/h4-5,12,15,17H,2-3,6-11,13H2,1H3. The van der Waals surface area contributed by atoms with E-state index in [-0.39, 0.29) is 17.7 Å². The molecule has 1 saturated carbocycles. The van der Waals surface area contributed by atoms with Gasteiger partial charge in [-0.1, -0.05) is 6.07 Å². The van der Waals surface area contributed by atoms with E-state index < -0.39 is 0 Å². The van der Waals surface area contributed by atoms with Crippen LogP contribution in [0.3, 0.4) is 0 Å². The predicted octanol–water partition coefficient (Wildman–Crippen LogP) is 2.03. The van der Waals surface area contributed by atoms with Crippen LogP contribution in [0.1, 0.15) is 37.7 Å². The van der Waals surface area contributed by atoms with Gasteiger partial charge in [0, 0.05) is 39.5 Å². The number of amides is 2. The summed E-state index contributed by atoms with van der Waals surface area (Å²) in [6.45, 7) is 5.29. The molecule has 0 N–H and O–H groups in total. The number of fused-ring (bicyclic) bond motifs is 1. The molecule has 4 rings (SSSR count). The highest BCUT2D eigenvalue weighted by molar-refractivity contribution is 5.78. The maximum absolute atomic E-state index is 12.8. The zero-order valence-electron chi connectivity index (χ0n) is 15.3. The first-order chi connectivity index (χ1) is 12.6. The van der Waals surface area contributed by atoms with Gasteiger partial charge in [0.25, 0.3) is 0 Å². The summed E-state index contributed by atoms with van der Waals surface area (Å²) in [7, 11) is 0. The van der Waals surface area contributed by atoms with Gasteiger partial charge in [0.2, 0.25) is 11.8 Å². The second-order valence-corrected chi connectivity index (χ2v) is 7.44. The van der Waals surface area contributed by atoms with Crippen molar-refractivity contribution in [1.82, 2.24) is 9.80 Å². The SMILES string of the molecule is CC(=O)N1CCN(C(=O)CC(c2ccc3c(c2)OCCO3)C2CC2)CC1. The fourth-order valence-corrected chi connectivity index (χ4v) is 3.93. The van der Waals surface area contributed by atoms with Crippen molar-refractivity contribution in [3.8, 4) is 11.5 Å². The maximum Gasteiger partial charge on any atom is 0.223 e. The van der Waals surface area contributed by atoms with Crippen molar-refractivity contribution < 1.29 is 19.1 Å². The lowest BCUT2D eigenvalue weighted by molar-refractivity contribution is -0.138. The van der Waals surface area contributed by atoms with Gasteiger partial charge in [0.15, 0.2) is 11.5 Å². The van der Waals surface area contributed by atoms with E-state index in [1.54, 1.807) is 6.92 Å². The molecule has 1 atom stereocenters. The molecule has 2 heterocycles. The number of hydrogen-bond donors (Lipinski definition) is 0. The van der Waals surface area contributed by atoms with Gasteiger partial charge in [-0.25, -0.2) is 0 Å². The molecule has 6 nitrogen and oxygen atoms in total. The van der Waals surface area contributed by atoms with Crippen LogP contribution in [0.25, 0.3) is 0 Å². The van der Waals surface area contributed by atoms with Gasteiger partial charge in [-0.15, -0.1) is 0 Å². The third kappa shape index (κ3) is 3.64. The monoisotopic (exact) mass is 358 g/mol. The average Bonchev–Trinajstić information content (AvgIpc) is 3.50. The van der Waals surface area contributed by atoms with Gasteiger partial charge in [-0.3, -0.25) is 9.59 Å². The zero-order valence-corrected chi connectivity index (χ0v) is 15.3. The summed E-state index contributed by atoms with van der Waals surface area (Å²) in [5.74, 6) is 2.69. The van der Waals surface area contributed by atoms with Crippen LogP contribution in [-0.4, -0.2) is 61.0 Å². The van der Waals surface area contributed by atoms with Gasteiger partial charge >= 0.3 is 0 Å².